The van der Waals surface area contributed by atoms with Crippen LogP contribution in [0.2, 0.25) is 0 Å². The number of anilines is 1. The quantitative estimate of drug-likeness (QED) is 0.304. The number of aryl methyl sites for hydroxylation is 1. The van der Waals surface area contributed by atoms with Crippen molar-refractivity contribution in [3.05, 3.63) is 83.2 Å². The summed E-state index contributed by atoms with van der Waals surface area (Å²) < 4.78 is 46.7. The molecule has 0 saturated heterocycles. The van der Waals surface area contributed by atoms with Crippen LogP contribution in [0.4, 0.5) is 23.9 Å². The minimum Gasteiger partial charge on any atom is -0.471 e. The number of alkyl halides is 2. The van der Waals surface area contributed by atoms with E-state index >= 15 is 0 Å². The van der Waals surface area contributed by atoms with Crippen LogP contribution in [0, 0.1) is 12.7 Å². The fourth-order valence-corrected chi connectivity index (χ4v) is 3.60. The Morgan fingerprint density at radius 3 is 2.46 bits per heavy atom. The lowest BCUT2D eigenvalue weighted by molar-refractivity contribution is 0.146. The maximum atomic E-state index is 13.6. The number of nitrogens with two attached hydrogens (primary N) is 1. The molecule has 0 aliphatic heterocycles. The lowest BCUT2D eigenvalue weighted by Gasteiger charge is -2.16. The van der Waals surface area contributed by atoms with Gasteiger partial charge in [0.05, 0.1) is 29.2 Å². The number of nitrogens with zero attached hydrogens (tertiary/aromatic N) is 4. The minimum absolute atomic E-state index is 0.00368. The number of hydrogen-bond acceptors (Lipinski definition) is 7. The number of aromatic nitrogens is 4. The zero-order chi connectivity index (χ0) is 26.5. The maximum Gasteiger partial charge on any atom is 0.404 e. The molecule has 0 aliphatic rings. The summed E-state index contributed by atoms with van der Waals surface area (Å²) in [6.07, 6.45) is -4.01. The number of rotatable bonds is 8. The van der Waals surface area contributed by atoms with Gasteiger partial charge < -0.3 is 20.9 Å². The summed E-state index contributed by atoms with van der Waals surface area (Å²) in [7, 11) is 0. The monoisotopic (exact) mass is 510 g/mol. The van der Waals surface area contributed by atoms with Crippen molar-refractivity contribution in [3.8, 4) is 28.3 Å². The van der Waals surface area contributed by atoms with Gasteiger partial charge in [-0.25, -0.2) is 22.9 Å². The highest BCUT2D eigenvalue weighted by Gasteiger charge is 2.22. The number of nitrogen functional groups attached to an aromatic ring is 1. The first-order valence-corrected chi connectivity index (χ1v) is 10.9. The van der Waals surface area contributed by atoms with Crippen molar-refractivity contribution >= 4 is 12.0 Å². The van der Waals surface area contributed by atoms with E-state index in [4.69, 9.17) is 15.6 Å². The Balaban J connectivity index is 1.79. The molecule has 3 heterocycles. The molecule has 37 heavy (non-hydrogen) atoms. The van der Waals surface area contributed by atoms with Gasteiger partial charge in [-0.15, -0.1) is 0 Å². The van der Waals surface area contributed by atoms with Crippen molar-refractivity contribution in [1.29, 1.82) is 0 Å². The highest BCUT2D eigenvalue weighted by atomic mass is 19.3. The molecule has 0 saturated carbocycles. The van der Waals surface area contributed by atoms with Crippen LogP contribution in [0.5, 0.6) is 5.88 Å². The molecule has 0 fully saturated rings. The van der Waals surface area contributed by atoms with E-state index in [1.165, 1.54) is 30.3 Å². The van der Waals surface area contributed by atoms with E-state index < -0.39 is 24.0 Å². The van der Waals surface area contributed by atoms with Crippen molar-refractivity contribution in [1.82, 2.24) is 25.3 Å². The molecule has 9 nitrogen and oxygen atoms in total. The van der Waals surface area contributed by atoms with Crippen LogP contribution < -0.4 is 15.8 Å². The molecule has 4 N–H and O–H groups in total. The second-order valence-corrected chi connectivity index (χ2v) is 7.91. The normalized spacial score (nSPS) is 10.9. The van der Waals surface area contributed by atoms with Gasteiger partial charge in [-0.3, -0.25) is 9.97 Å². The average molecular weight is 510 g/mol. The Kier molecular flexibility index (Phi) is 7.47. The van der Waals surface area contributed by atoms with Gasteiger partial charge in [0.15, 0.2) is 0 Å². The summed E-state index contributed by atoms with van der Waals surface area (Å²) in [4.78, 5) is 27.5. The van der Waals surface area contributed by atoms with Crippen molar-refractivity contribution in [3.63, 3.8) is 0 Å². The fraction of sp³-hybridized carbons (Fsp3) is 0.160. The molecule has 12 heteroatoms. The fourth-order valence-electron chi connectivity index (χ4n) is 3.60. The maximum absolute atomic E-state index is 13.6. The largest absolute Gasteiger partial charge is 0.471 e. The predicted octanol–water partition coefficient (Wildman–Crippen LogP) is 4.91. The first-order valence-electron chi connectivity index (χ1n) is 10.9. The van der Waals surface area contributed by atoms with Crippen LogP contribution in [-0.2, 0) is 13.2 Å². The molecule has 0 spiro atoms. The van der Waals surface area contributed by atoms with Crippen LogP contribution in [0.15, 0.2) is 54.6 Å². The summed E-state index contributed by atoms with van der Waals surface area (Å²) in [6, 6.07) is 13.2. The molecule has 0 bridgehead atoms. The summed E-state index contributed by atoms with van der Waals surface area (Å²) in [5.74, 6) is -0.620. The van der Waals surface area contributed by atoms with Gasteiger partial charge in [0.25, 0.3) is 6.43 Å². The summed E-state index contributed by atoms with van der Waals surface area (Å²) >= 11 is 0. The zero-order valence-corrected chi connectivity index (χ0v) is 19.5. The summed E-state index contributed by atoms with van der Waals surface area (Å²) in [6.45, 7) is 1.47. The van der Waals surface area contributed by atoms with E-state index in [2.05, 4.69) is 25.3 Å². The minimum atomic E-state index is -2.82. The third kappa shape index (κ3) is 6.28. The molecule has 0 unspecified atom stereocenters. The number of carbonyl (C=O) groups is 1. The van der Waals surface area contributed by atoms with E-state index in [0.29, 0.717) is 28.2 Å². The molecule has 1 aromatic carbocycles. The number of nitrogens with one attached hydrogen (secondary N) is 1. The second kappa shape index (κ2) is 10.9. The van der Waals surface area contributed by atoms with Gasteiger partial charge >= 0.3 is 6.09 Å². The standard InChI is InChI=1S/C25H21F3N6O3/c1-13-9-15(10-19(31-13)22(27)28)20-21(14-5-7-16(26)8-6-14)33-24(29)34-23(20)37-12-18-4-2-3-17(32-18)11-30-25(35)36/h2-10,22,30H,11-12H2,1H3,(H,35,36)(H2,29,33,34). The van der Waals surface area contributed by atoms with E-state index in [9.17, 15) is 18.0 Å². The van der Waals surface area contributed by atoms with Crippen LogP contribution >= 0.6 is 0 Å². The van der Waals surface area contributed by atoms with Gasteiger partial charge in [0.2, 0.25) is 11.8 Å². The van der Waals surface area contributed by atoms with Gasteiger partial charge in [-0.2, -0.15) is 4.98 Å². The van der Waals surface area contributed by atoms with Gasteiger partial charge in [-0.1, -0.05) is 6.07 Å². The van der Waals surface area contributed by atoms with E-state index in [-0.39, 0.29) is 36.2 Å². The van der Waals surface area contributed by atoms with E-state index in [0.717, 1.165) is 0 Å². The second-order valence-electron chi connectivity index (χ2n) is 7.91. The molecule has 3 aromatic heterocycles. The molecule has 4 aromatic rings. The number of ether oxygens (including phenoxy) is 1. The Morgan fingerprint density at radius 1 is 1.03 bits per heavy atom. The van der Waals surface area contributed by atoms with Gasteiger partial charge in [0.1, 0.15) is 18.1 Å². The third-order valence-corrected chi connectivity index (χ3v) is 5.14. The molecule has 0 aliphatic carbocycles. The molecule has 4 rings (SSSR count). The van der Waals surface area contributed by atoms with Gasteiger partial charge in [-0.05, 0) is 61.0 Å². The molecular weight excluding hydrogens is 489 g/mol. The number of benzene rings is 1. The molecule has 190 valence electrons. The number of amides is 1. The van der Waals surface area contributed by atoms with Crippen LogP contribution in [0.1, 0.15) is 29.2 Å². The SMILES string of the molecule is Cc1cc(-c2c(OCc3cccc(CNC(=O)O)n3)nc(N)nc2-c2ccc(F)cc2)cc(C(F)F)n1. The Bertz CT molecular complexity index is 1430. The molecule has 1 amide bonds. The van der Waals surface area contributed by atoms with Crippen LogP contribution in [0.25, 0.3) is 22.4 Å². The lowest BCUT2D eigenvalue weighted by atomic mass is 9.99. The number of carboxylic acid groups (broad SMARTS) is 1. The topological polar surface area (TPSA) is 136 Å². The third-order valence-electron chi connectivity index (χ3n) is 5.14. The summed E-state index contributed by atoms with van der Waals surface area (Å²) in [5, 5.41) is 11.0. The van der Waals surface area contributed by atoms with E-state index in [1.54, 1.807) is 31.2 Å². The number of hydrogen-bond donors (Lipinski definition) is 3. The molecular formula is C25H21F3N6O3. The molecule has 0 radical (unpaired) electrons. The van der Waals surface area contributed by atoms with Crippen molar-refractivity contribution in [2.24, 2.45) is 0 Å². The Hall–Kier alpha value is -4.74. The zero-order valence-electron chi connectivity index (χ0n) is 19.5. The van der Waals surface area contributed by atoms with Crippen molar-refractivity contribution < 1.29 is 27.8 Å². The molecule has 0 atom stereocenters. The van der Waals surface area contributed by atoms with Crippen LogP contribution in [0.3, 0.4) is 0 Å². The number of pyridine rings is 2. The summed E-state index contributed by atoms with van der Waals surface area (Å²) in [5.41, 5.74) is 8.05. The van der Waals surface area contributed by atoms with Crippen molar-refractivity contribution in [2.75, 3.05) is 5.73 Å². The first-order chi connectivity index (χ1) is 17.7. The lowest BCUT2D eigenvalue weighted by Crippen LogP contribution is -2.20. The van der Waals surface area contributed by atoms with Crippen LogP contribution in [-0.4, -0.2) is 31.1 Å². The van der Waals surface area contributed by atoms with E-state index in [1.807, 2.05) is 0 Å². The van der Waals surface area contributed by atoms with Gasteiger partial charge in [0, 0.05) is 11.3 Å². The highest BCUT2D eigenvalue weighted by molar-refractivity contribution is 5.85. The number of halogens is 3. The predicted molar refractivity (Wildman–Crippen MR) is 128 cm³/mol. The smallest absolute Gasteiger partial charge is 0.404 e. The highest BCUT2D eigenvalue weighted by Crippen LogP contribution is 2.39. The Labute approximate surface area is 209 Å². The average Bonchev–Trinajstić information content (AvgIpc) is 2.86. The Morgan fingerprint density at radius 2 is 1.76 bits per heavy atom. The van der Waals surface area contributed by atoms with Crippen molar-refractivity contribution in [2.45, 2.75) is 26.5 Å². The first kappa shape index (κ1) is 25.4.